The number of aromatic nitrogens is 1. The van der Waals surface area contributed by atoms with Crippen LogP contribution >= 0.6 is 0 Å². The molecule has 0 atom stereocenters. The number of nitrogens with zero attached hydrogens (tertiary/aromatic N) is 2. The standard InChI is InChI=1S/C13H10FN3O4/c1-21-13(18)10-4-3-9(7-15-10)16-11-6-8(14)2-5-12(11)17(19)20/h2-7,16H,1H3. The van der Waals surface area contributed by atoms with Crippen LogP contribution in [0.15, 0.2) is 36.5 Å². The summed E-state index contributed by atoms with van der Waals surface area (Å²) in [5.74, 6) is -1.21. The predicted octanol–water partition coefficient (Wildman–Crippen LogP) is 2.66. The van der Waals surface area contributed by atoms with Gasteiger partial charge in [-0.15, -0.1) is 0 Å². The van der Waals surface area contributed by atoms with E-state index < -0.39 is 16.7 Å². The van der Waals surface area contributed by atoms with Gasteiger partial charge in [-0.3, -0.25) is 10.1 Å². The maximum absolute atomic E-state index is 13.2. The molecule has 1 N–H and O–H groups in total. The SMILES string of the molecule is COC(=O)c1ccc(Nc2cc(F)ccc2[N+](=O)[O-])cn1. The van der Waals surface area contributed by atoms with Crippen molar-refractivity contribution in [2.75, 3.05) is 12.4 Å². The van der Waals surface area contributed by atoms with E-state index in [1.54, 1.807) is 0 Å². The molecule has 108 valence electrons. The van der Waals surface area contributed by atoms with Crippen LogP contribution in [0.2, 0.25) is 0 Å². The minimum absolute atomic E-state index is 0.00684. The van der Waals surface area contributed by atoms with Crippen LogP contribution in [0, 0.1) is 15.9 Å². The van der Waals surface area contributed by atoms with E-state index in [4.69, 9.17) is 0 Å². The number of rotatable bonds is 4. The Morgan fingerprint density at radius 1 is 1.38 bits per heavy atom. The Bertz CT molecular complexity index is 688. The van der Waals surface area contributed by atoms with Gasteiger partial charge in [-0.2, -0.15) is 0 Å². The molecule has 0 saturated carbocycles. The summed E-state index contributed by atoms with van der Waals surface area (Å²) in [7, 11) is 1.23. The fourth-order valence-corrected chi connectivity index (χ4v) is 1.62. The van der Waals surface area contributed by atoms with Gasteiger partial charge < -0.3 is 10.1 Å². The largest absolute Gasteiger partial charge is 0.464 e. The first kappa shape index (κ1) is 14.4. The average molecular weight is 291 g/mol. The van der Waals surface area contributed by atoms with Gasteiger partial charge in [-0.1, -0.05) is 0 Å². The van der Waals surface area contributed by atoms with Crippen molar-refractivity contribution in [3.05, 3.63) is 58.2 Å². The number of pyridine rings is 1. The Balaban J connectivity index is 2.28. The van der Waals surface area contributed by atoms with Crippen molar-refractivity contribution in [3.63, 3.8) is 0 Å². The second-order valence-electron chi connectivity index (χ2n) is 3.97. The number of anilines is 2. The number of hydrogen-bond donors (Lipinski definition) is 1. The molecule has 0 bridgehead atoms. The molecule has 0 unspecified atom stereocenters. The van der Waals surface area contributed by atoms with Crippen LogP contribution in [0.3, 0.4) is 0 Å². The number of nitro groups is 1. The molecular weight excluding hydrogens is 281 g/mol. The Hall–Kier alpha value is -3.03. The van der Waals surface area contributed by atoms with E-state index in [2.05, 4.69) is 15.0 Å². The van der Waals surface area contributed by atoms with E-state index in [1.807, 2.05) is 0 Å². The van der Waals surface area contributed by atoms with Crippen molar-refractivity contribution < 1.29 is 18.8 Å². The lowest BCUT2D eigenvalue weighted by molar-refractivity contribution is -0.384. The van der Waals surface area contributed by atoms with Crippen LogP contribution < -0.4 is 5.32 Å². The highest BCUT2D eigenvalue weighted by Crippen LogP contribution is 2.28. The number of methoxy groups -OCH3 is 1. The summed E-state index contributed by atoms with van der Waals surface area (Å²) in [5, 5.41) is 13.6. The molecule has 0 aliphatic carbocycles. The first-order valence-corrected chi connectivity index (χ1v) is 5.76. The second-order valence-corrected chi connectivity index (χ2v) is 3.97. The van der Waals surface area contributed by atoms with Gasteiger partial charge in [-0.25, -0.2) is 14.2 Å². The van der Waals surface area contributed by atoms with Gasteiger partial charge in [-0.05, 0) is 18.2 Å². The van der Waals surface area contributed by atoms with Crippen molar-refractivity contribution in [1.82, 2.24) is 4.98 Å². The maximum Gasteiger partial charge on any atom is 0.356 e. The van der Waals surface area contributed by atoms with Crippen molar-refractivity contribution in [1.29, 1.82) is 0 Å². The lowest BCUT2D eigenvalue weighted by atomic mass is 10.2. The zero-order valence-corrected chi connectivity index (χ0v) is 10.9. The molecule has 2 aromatic rings. The first-order chi connectivity index (χ1) is 10.0. The van der Waals surface area contributed by atoms with Gasteiger partial charge in [0.2, 0.25) is 0 Å². The first-order valence-electron chi connectivity index (χ1n) is 5.76. The van der Waals surface area contributed by atoms with Crippen LogP contribution in [0.25, 0.3) is 0 Å². The number of ether oxygens (including phenoxy) is 1. The highest BCUT2D eigenvalue weighted by Gasteiger charge is 2.15. The summed E-state index contributed by atoms with van der Waals surface area (Å²) in [5.41, 5.74) is 0.189. The number of nitro benzene ring substituents is 1. The third-order valence-corrected chi connectivity index (χ3v) is 2.59. The van der Waals surface area contributed by atoms with Crippen LogP contribution in [0.1, 0.15) is 10.5 Å². The number of carbonyl (C=O) groups is 1. The van der Waals surface area contributed by atoms with Gasteiger partial charge in [0.05, 0.1) is 23.9 Å². The van der Waals surface area contributed by atoms with E-state index >= 15 is 0 Å². The van der Waals surface area contributed by atoms with Crippen LogP contribution in [-0.4, -0.2) is 23.0 Å². The summed E-state index contributed by atoms with van der Waals surface area (Å²) in [6.07, 6.45) is 1.29. The Kier molecular flexibility index (Phi) is 4.07. The minimum Gasteiger partial charge on any atom is -0.464 e. The van der Waals surface area contributed by atoms with E-state index in [9.17, 15) is 19.3 Å². The summed E-state index contributed by atoms with van der Waals surface area (Å²) >= 11 is 0. The highest BCUT2D eigenvalue weighted by atomic mass is 19.1. The van der Waals surface area contributed by atoms with Crippen molar-refractivity contribution in [2.24, 2.45) is 0 Å². The Labute approximate surface area is 118 Å². The summed E-state index contributed by atoms with van der Waals surface area (Å²) < 4.78 is 17.7. The Morgan fingerprint density at radius 2 is 2.14 bits per heavy atom. The quantitative estimate of drug-likeness (QED) is 0.528. The van der Waals surface area contributed by atoms with Gasteiger partial charge in [0.1, 0.15) is 17.2 Å². The predicted molar refractivity (Wildman–Crippen MR) is 71.9 cm³/mol. The summed E-state index contributed by atoms with van der Waals surface area (Å²) in [6, 6.07) is 5.94. The second kappa shape index (κ2) is 5.95. The maximum atomic E-state index is 13.2. The number of benzene rings is 1. The van der Waals surface area contributed by atoms with Crippen molar-refractivity contribution in [2.45, 2.75) is 0 Å². The topological polar surface area (TPSA) is 94.4 Å². The molecule has 0 fully saturated rings. The van der Waals surface area contributed by atoms with Gasteiger partial charge in [0.15, 0.2) is 0 Å². The minimum atomic E-state index is -0.627. The molecule has 0 saturated heterocycles. The number of nitrogens with one attached hydrogen (secondary N) is 1. The third-order valence-electron chi connectivity index (χ3n) is 2.59. The lowest BCUT2D eigenvalue weighted by Gasteiger charge is -2.07. The molecule has 8 heteroatoms. The Morgan fingerprint density at radius 3 is 2.71 bits per heavy atom. The molecule has 7 nitrogen and oxygen atoms in total. The zero-order valence-electron chi connectivity index (χ0n) is 10.9. The van der Waals surface area contributed by atoms with E-state index in [-0.39, 0.29) is 17.1 Å². The van der Waals surface area contributed by atoms with Crippen LogP contribution in [0.5, 0.6) is 0 Å². The molecule has 0 radical (unpaired) electrons. The average Bonchev–Trinajstić information content (AvgIpc) is 2.47. The smallest absolute Gasteiger partial charge is 0.356 e. The molecule has 1 aromatic carbocycles. The van der Waals surface area contributed by atoms with Crippen LogP contribution in [-0.2, 0) is 4.74 Å². The molecule has 21 heavy (non-hydrogen) atoms. The van der Waals surface area contributed by atoms with E-state index in [1.165, 1.54) is 25.4 Å². The van der Waals surface area contributed by atoms with Gasteiger partial charge in [0, 0.05) is 12.1 Å². The summed E-state index contributed by atoms with van der Waals surface area (Å²) in [4.78, 5) is 25.3. The normalized spacial score (nSPS) is 10.0. The van der Waals surface area contributed by atoms with Crippen LogP contribution in [0.4, 0.5) is 21.5 Å². The fourth-order valence-electron chi connectivity index (χ4n) is 1.62. The molecule has 0 amide bonds. The molecule has 1 aromatic heterocycles. The number of esters is 1. The highest BCUT2D eigenvalue weighted by molar-refractivity contribution is 5.87. The number of hydrogen-bond acceptors (Lipinski definition) is 6. The van der Waals surface area contributed by atoms with E-state index in [0.717, 1.165) is 18.2 Å². The molecule has 1 heterocycles. The van der Waals surface area contributed by atoms with E-state index in [0.29, 0.717) is 5.69 Å². The summed E-state index contributed by atoms with van der Waals surface area (Å²) in [6.45, 7) is 0. The molecule has 0 spiro atoms. The van der Waals surface area contributed by atoms with Crippen molar-refractivity contribution >= 4 is 23.0 Å². The number of halogens is 1. The molecular formula is C13H10FN3O4. The molecule has 0 aliphatic heterocycles. The molecule has 2 rings (SSSR count). The van der Waals surface area contributed by atoms with Crippen molar-refractivity contribution in [3.8, 4) is 0 Å². The number of carbonyl (C=O) groups excluding carboxylic acids is 1. The third kappa shape index (κ3) is 3.30. The zero-order chi connectivity index (χ0) is 15.4. The monoisotopic (exact) mass is 291 g/mol. The fraction of sp³-hybridized carbons (Fsp3) is 0.0769. The van der Waals surface area contributed by atoms with Gasteiger partial charge in [0.25, 0.3) is 5.69 Å². The molecule has 0 aliphatic rings. The van der Waals surface area contributed by atoms with Gasteiger partial charge >= 0.3 is 5.97 Å². The lowest BCUT2D eigenvalue weighted by Crippen LogP contribution is -2.04.